The Morgan fingerprint density at radius 3 is 2.40 bits per heavy atom. The molecule has 0 saturated carbocycles. The van der Waals surface area contributed by atoms with E-state index in [4.69, 9.17) is 16.7 Å². The minimum Gasteiger partial charge on any atom is -0.224 e. The highest BCUT2D eigenvalue weighted by Crippen LogP contribution is 2.25. The van der Waals surface area contributed by atoms with Gasteiger partial charge in [0.2, 0.25) is 10.0 Å². The smallest absolute Gasteiger partial charge is 0.224 e. The number of hydrogen-bond donors (Lipinski definition) is 1. The summed E-state index contributed by atoms with van der Waals surface area (Å²) in [7, 11) is -3.60. The summed E-state index contributed by atoms with van der Waals surface area (Å²) in [5.74, 6) is 0. The summed E-state index contributed by atoms with van der Waals surface area (Å²) in [6.07, 6.45) is 0. The van der Waals surface area contributed by atoms with Gasteiger partial charge in [-0.2, -0.15) is 0 Å². The van der Waals surface area contributed by atoms with Crippen LogP contribution in [0.5, 0.6) is 0 Å². The molecule has 0 spiro atoms. The molecule has 0 saturated heterocycles. The Balaban J connectivity index is 3.32. The quantitative estimate of drug-likeness (QED) is 0.732. The van der Waals surface area contributed by atoms with Crippen molar-refractivity contribution < 1.29 is 8.42 Å². The molecule has 1 aromatic rings. The van der Waals surface area contributed by atoms with Gasteiger partial charge in [0, 0.05) is 0 Å². The number of nitrogens with two attached hydrogens (primary N) is 1. The molecular weight excluding hydrogens is 194 g/mol. The molecule has 1 heterocycles. The summed E-state index contributed by atoms with van der Waals surface area (Å²) >= 11 is 6.49. The molecular formula is C4H4ClNO2S2. The second kappa shape index (κ2) is 2.50. The third-order valence-corrected chi connectivity index (χ3v) is 3.81. The average Bonchev–Trinajstić information content (AvgIpc) is 2.11. The molecule has 1 rings (SSSR count). The molecule has 56 valence electrons. The molecule has 0 fully saturated rings. The Bertz CT molecular complexity index is 329. The van der Waals surface area contributed by atoms with Gasteiger partial charge in [0.15, 0.2) is 4.21 Å². The van der Waals surface area contributed by atoms with Crippen LogP contribution in [0.4, 0.5) is 0 Å². The molecule has 0 amide bonds. The zero-order valence-corrected chi connectivity index (χ0v) is 7.13. The number of halogens is 1. The summed E-state index contributed by atoms with van der Waals surface area (Å²) in [5, 5.41) is 6.56. The van der Waals surface area contributed by atoms with Crippen molar-refractivity contribution in [1.29, 1.82) is 0 Å². The second-order valence-corrected chi connectivity index (χ2v) is 4.68. The molecule has 0 aliphatic heterocycles. The maximum atomic E-state index is 10.6. The van der Waals surface area contributed by atoms with Gasteiger partial charge in [-0.3, -0.25) is 0 Å². The van der Waals surface area contributed by atoms with Gasteiger partial charge in [-0.05, 0) is 11.4 Å². The molecule has 10 heavy (non-hydrogen) atoms. The number of hydrogen-bond acceptors (Lipinski definition) is 3. The standard InChI is InChI=1S/C4H4ClNO2S2/c5-3-1-2-9-4(3)10(6,7)8/h1-2H,(H2,6,7,8). The Morgan fingerprint density at radius 1 is 1.60 bits per heavy atom. The first-order valence-corrected chi connectivity index (χ1v) is 5.08. The van der Waals surface area contributed by atoms with Crippen molar-refractivity contribution in [1.82, 2.24) is 0 Å². The predicted molar refractivity (Wildman–Crippen MR) is 40.7 cm³/mol. The van der Waals surface area contributed by atoms with E-state index in [2.05, 4.69) is 0 Å². The normalized spacial score (nSPS) is 11.8. The van der Waals surface area contributed by atoms with Crippen molar-refractivity contribution in [3.63, 3.8) is 0 Å². The molecule has 3 nitrogen and oxygen atoms in total. The SMILES string of the molecule is NS(=O)(=O)c1sccc1Cl. The molecule has 0 aromatic carbocycles. The molecule has 0 radical (unpaired) electrons. The van der Waals surface area contributed by atoms with E-state index >= 15 is 0 Å². The molecule has 1 aromatic heterocycles. The maximum Gasteiger partial charge on any atom is 0.249 e. The minimum absolute atomic E-state index is 0.0224. The first kappa shape index (κ1) is 8.00. The van der Waals surface area contributed by atoms with Gasteiger partial charge in [-0.25, -0.2) is 13.6 Å². The maximum absolute atomic E-state index is 10.6. The highest BCUT2D eigenvalue weighted by molar-refractivity contribution is 7.91. The lowest BCUT2D eigenvalue weighted by Crippen LogP contribution is -2.10. The minimum atomic E-state index is -3.60. The van der Waals surface area contributed by atoms with E-state index < -0.39 is 10.0 Å². The van der Waals surface area contributed by atoms with Crippen LogP contribution in [-0.4, -0.2) is 8.42 Å². The van der Waals surface area contributed by atoms with Crippen molar-refractivity contribution in [3.8, 4) is 0 Å². The number of rotatable bonds is 1. The lowest BCUT2D eigenvalue weighted by Gasteiger charge is -1.90. The lowest BCUT2D eigenvalue weighted by molar-refractivity contribution is 0.600. The zero-order valence-electron chi connectivity index (χ0n) is 4.74. The van der Waals surface area contributed by atoms with E-state index in [1.807, 2.05) is 0 Å². The third kappa shape index (κ3) is 1.49. The van der Waals surface area contributed by atoms with Crippen molar-refractivity contribution in [2.45, 2.75) is 4.21 Å². The fraction of sp³-hybridized carbons (Fsp3) is 0. The van der Waals surface area contributed by atoms with E-state index in [9.17, 15) is 8.42 Å². The highest BCUT2D eigenvalue weighted by Gasteiger charge is 2.13. The molecule has 0 aliphatic rings. The van der Waals surface area contributed by atoms with Gasteiger partial charge in [0.05, 0.1) is 5.02 Å². The van der Waals surface area contributed by atoms with Gasteiger partial charge >= 0.3 is 0 Å². The molecule has 0 atom stereocenters. The van der Waals surface area contributed by atoms with E-state index in [1.165, 1.54) is 6.07 Å². The monoisotopic (exact) mass is 197 g/mol. The first-order valence-electron chi connectivity index (χ1n) is 2.27. The lowest BCUT2D eigenvalue weighted by atomic mass is 10.7. The van der Waals surface area contributed by atoms with Gasteiger partial charge in [-0.15, -0.1) is 11.3 Å². The topological polar surface area (TPSA) is 60.2 Å². The Morgan fingerprint density at radius 2 is 2.20 bits per heavy atom. The number of thiophene rings is 1. The van der Waals surface area contributed by atoms with Gasteiger partial charge in [0.25, 0.3) is 0 Å². The van der Waals surface area contributed by atoms with Crippen LogP contribution >= 0.6 is 22.9 Å². The van der Waals surface area contributed by atoms with Crippen LogP contribution in [0.15, 0.2) is 15.7 Å². The summed E-state index contributed by atoms with van der Waals surface area (Å²) < 4.78 is 21.3. The van der Waals surface area contributed by atoms with E-state index in [0.717, 1.165) is 11.3 Å². The van der Waals surface area contributed by atoms with Crippen molar-refractivity contribution in [2.24, 2.45) is 5.14 Å². The Kier molecular flexibility index (Phi) is 2.00. The Labute approximate surface area is 67.5 Å². The summed E-state index contributed by atoms with van der Waals surface area (Å²) in [6, 6.07) is 1.49. The number of primary sulfonamides is 1. The molecule has 0 bridgehead atoms. The van der Waals surface area contributed by atoms with Crippen LogP contribution in [0.3, 0.4) is 0 Å². The Hall–Kier alpha value is -0.100. The van der Waals surface area contributed by atoms with Crippen LogP contribution in [0, 0.1) is 0 Å². The van der Waals surface area contributed by atoms with Crippen molar-refractivity contribution in [3.05, 3.63) is 16.5 Å². The zero-order chi connectivity index (χ0) is 7.78. The molecule has 6 heteroatoms. The summed E-state index contributed by atoms with van der Waals surface area (Å²) in [5.41, 5.74) is 0. The van der Waals surface area contributed by atoms with Crippen LogP contribution < -0.4 is 5.14 Å². The fourth-order valence-corrected chi connectivity index (χ4v) is 2.63. The van der Waals surface area contributed by atoms with Crippen molar-refractivity contribution >= 4 is 33.0 Å². The van der Waals surface area contributed by atoms with Crippen LogP contribution in [0.1, 0.15) is 0 Å². The van der Waals surface area contributed by atoms with E-state index in [0.29, 0.717) is 0 Å². The molecule has 0 unspecified atom stereocenters. The van der Waals surface area contributed by atoms with E-state index in [-0.39, 0.29) is 9.23 Å². The van der Waals surface area contributed by atoms with Crippen molar-refractivity contribution in [2.75, 3.05) is 0 Å². The first-order chi connectivity index (χ1) is 4.52. The molecule has 0 aliphatic carbocycles. The molecule has 2 N–H and O–H groups in total. The highest BCUT2D eigenvalue weighted by atomic mass is 35.5. The summed E-state index contributed by atoms with van der Waals surface area (Å²) in [6.45, 7) is 0. The average molecular weight is 198 g/mol. The van der Waals surface area contributed by atoms with Crippen LogP contribution in [-0.2, 0) is 10.0 Å². The van der Waals surface area contributed by atoms with Gasteiger partial charge in [-0.1, -0.05) is 11.6 Å². The number of sulfonamides is 1. The van der Waals surface area contributed by atoms with Gasteiger partial charge in [0.1, 0.15) is 0 Å². The second-order valence-electron chi connectivity index (χ2n) is 1.60. The fourth-order valence-electron chi connectivity index (χ4n) is 0.483. The van der Waals surface area contributed by atoms with Crippen LogP contribution in [0.25, 0.3) is 0 Å². The largest absolute Gasteiger partial charge is 0.249 e. The summed E-state index contributed by atoms with van der Waals surface area (Å²) in [4.78, 5) is 0. The van der Waals surface area contributed by atoms with Crippen LogP contribution in [0.2, 0.25) is 5.02 Å². The predicted octanol–water partition coefficient (Wildman–Crippen LogP) is 1.05. The third-order valence-electron chi connectivity index (χ3n) is 0.843. The van der Waals surface area contributed by atoms with E-state index in [1.54, 1.807) is 5.38 Å². The van der Waals surface area contributed by atoms with Gasteiger partial charge < -0.3 is 0 Å².